The van der Waals surface area contributed by atoms with Crippen molar-refractivity contribution in [2.75, 3.05) is 19.7 Å². The fraction of sp³-hybridized carbons (Fsp3) is 0.727. The highest BCUT2D eigenvalue weighted by atomic mass is 16.5. The molecular formula is C11H17N3O4. The van der Waals surface area contributed by atoms with E-state index in [4.69, 9.17) is 14.3 Å². The van der Waals surface area contributed by atoms with Crippen molar-refractivity contribution in [2.45, 2.75) is 32.4 Å². The molecule has 1 aliphatic rings. The molecule has 0 spiro atoms. The van der Waals surface area contributed by atoms with Gasteiger partial charge in [-0.25, -0.2) is 0 Å². The third-order valence-corrected chi connectivity index (χ3v) is 2.80. The van der Waals surface area contributed by atoms with E-state index < -0.39 is 5.97 Å². The molecule has 1 saturated heterocycles. The standard InChI is InChI=1S/C11H17N3O4/c1-2-9-12-13-10(18-9)7-14-3-4-17-8(6-14)5-11(15)16/h8H,2-7H2,1H3,(H,15,16). The molecule has 100 valence electrons. The Bertz CT molecular complexity index is 407. The van der Waals surface area contributed by atoms with Crippen LogP contribution in [-0.4, -0.2) is 52.0 Å². The zero-order chi connectivity index (χ0) is 13.0. The Labute approximate surface area is 105 Å². The van der Waals surface area contributed by atoms with Gasteiger partial charge in [0.1, 0.15) is 0 Å². The van der Waals surface area contributed by atoms with Gasteiger partial charge in [-0.15, -0.1) is 10.2 Å². The van der Waals surface area contributed by atoms with Crippen LogP contribution in [0.2, 0.25) is 0 Å². The van der Waals surface area contributed by atoms with Crippen molar-refractivity contribution in [3.05, 3.63) is 11.8 Å². The first-order valence-corrected chi connectivity index (χ1v) is 6.04. The molecule has 1 aliphatic heterocycles. The van der Waals surface area contributed by atoms with E-state index in [1.54, 1.807) is 0 Å². The molecule has 0 bridgehead atoms. The fourth-order valence-corrected chi connectivity index (χ4v) is 1.93. The van der Waals surface area contributed by atoms with Gasteiger partial charge in [0, 0.05) is 19.5 Å². The number of aromatic nitrogens is 2. The summed E-state index contributed by atoms with van der Waals surface area (Å²) in [5, 5.41) is 16.6. The zero-order valence-electron chi connectivity index (χ0n) is 10.3. The number of aliphatic carboxylic acids is 1. The summed E-state index contributed by atoms with van der Waals surface area (Å²) in [5.74, 6) is 0.357. The first kappa shape index (κ1) is 13.0. The molecule has 0 aromatic carbocycles. The van der Waals surface area contributed by atoms with Crippen LogP contribution in [0, 0.1) is 0 Å². The quantitative estimate of drug-likeness (QED) is 0.809. The molecule has 1 unspecified atom stereocenters. The van der Waals surface area contributed by atoms with Gasteiger partial charge in [-0.1, -0.05) is 6.92 Å². The topological polar surface area (TPSA) is 88.7 Å². The van der Waals surface area contributed by atoms with E-state index in [-0.39, 0.29) is 12.5 Å². The number of aryl methyl sites for hydroxylation is 1. The summed E-state index contributed by atoms with van der Waals surface area (Å²) in [5.41, 5.74) is 0. The Morgan fingerprint density at radius 2 is 2.28 bits per heavy atom. The normalized spacial score (nSPS) is 21.1. The Balaban J connectivity index is 1.87. The Morgan fingerprint density at radius 3 is 2.94 bits per heavy atom. The molecule has 18 heavy (non-hydrogen) atoms. The monoisotopic (exact) mass is 255 g/mol. The zero-order valence-corrected chi connectivity index (χ0v) is 10.3. The van der Waals surface area contributed by atoms with E-state index in [2.05, 4.69) is 15.1 Å². The predicted molar refractivity (Wildman–Crippen MR) is 60.9 cm³/mol. The summed E-state index contributed by atoms with van der Waals surface area (Å²) in [6, 6.07) is 0. The van der Waals surface area contributed by atoms with Gasteiger partial charge in [-0.2, -0.15) is 0 Å². The number of morpholine rings is 1. The molecule has 7 nitrogen and oxygen atoms in total. The van der Waals surface area contributed by atoms with Crippen LogP contribution in [0.4, 0.5) is 0 Å². The first-order valence-electron chi connectivity index (χ1n) is 6.04. The van der Waals surface area contributed by atoms with Crippen molar-refractivity contribution in [1.29, 1.82) is 0 Å². The molecule has 1 aromatic rings. The lowest BCUT2D eigenvalue weighted by molar-refractivity contribution is -0.142. The molecule has 7 heteroatoms. The highest BCUT2D eigenvalue weighted by Gasteiger charge is 2.23. The second-order valence-electron chi connectivity index (χ2n) is 4.27. The summed E-state index contributed by atoms with van der Waals surface area (Å²) in [6.45, 7) is 4.37. The lowest BCUT2D eigenvalue weighted by atomic mass is 10.2. The number of ether oxygens (including phenoxy) is 1. The van der Waals surface area contributed by atoms with Crippen molar-refractivity contribution in [2.24, 2.45) is 0 Å². The van der Waals surface area contributed by atoms with Gasteiger partial charge in [0.25, 0.3) is 0 Å². The summed E-state index contributed by atoms with van der Waals surface area (Å²) >= 11 is 0. The molecule has 1 N–H and O–H groups in total. The van der Waals surface area contributed by atoms with Crippen LogP contribution >= 0.6 is 0 Å². The maximum atomic E-state index is 10.6. The van der Waals surface area contributed by atoms with Crippen molar-refractivity contribution >= 4 is 5.97 Å². The van der Waals surface area contributed by atoms with Crippen LogP contribution in [0.3, 0.4) is 0 Å². The number of carbonyl (C=O) groups is 1. The number of carboxylic acid groups (broad SMARTS) is 1. The molecule has 2 heterocycles. The fourth-order valence-electron chi connectivity index (χ4n) is 1.93. The number of rotatable bonds is 5. The molecule has 0 amide bonds. The molecular weight excluding hydrogens is 238 g/mol. The van der Waals surface area contributed by atoms with Gasteiger partial charge in [0.05, 0.1) is 25.7 Å². The van der Waals surface area contributed by atoms with Crippen LogP contribution in [0.15, 0.2) is 4.42 Å². The van der Waals surface area contributed by atoms with Gasteiger partial charge in [-0.05, 0) is 0 Å². The predicted octanol–water partition coefficient (Wildman–Crippen LogP) is 0.307. The van der Waals surface area contributed by atoms with Crippen molar-refractivity contribution in [1.82, 2.24) is 15.1 Å². The average molecular weight is 255 g/mol. The Kier molecular flexibility index (Phi) is 4.27. The third-order valence-electron chi connectivity index (χ3n) is 2.80. The smallest absolute Gasteiger partial charge is 0.306 e. The lowest BCUT2D eigenvalue weighted by Crippen LogP contribution is -2.42. The number of hydrogen-bond donors (Lipinski definition) is 1. The molecule has 0 radical (unpaired) electrons. The third kappa shape index (κ3) is 3.51. The minimum Gasteiger partial charge on any atom is -0.481 e. The first-order chi connectivity index (χ1) is 8.67. The number of carboxylic acids is 1. The summed E-state index contributed by atoms with van der Waals surface area (Å²) in [6.07, 6.45) is 0.489. The highest BCUT2D eigenvalue weighted by Crippen LogP contribution is 2.12. The van der Waals surface area contributed by atoms with Gasteiger partial charge < -0.3 is 14.3 Å². The summed E-state index contributed by atoms with van der Waals surface area (Å²) in [4.78, 5) is 12.7. The molecule has 0 saturated carbocycles. The van der Waals surface area contributed by atoms with Gasteiger partial charge in [0.15, 0.2) is 0 Å². The van der Waals surface area contributed by atoms with Crippen molar-refractivity contribution in [3.63, 3.8) is 0 Å². The van der Waals surface area contributed by atoms with Crippen LogP contribution < -0.4 is 0 Å². The van der Waals surface area contributed by atoms with Gasteiger partial charge >= 0.3 is 5.97 Å². The Hall–Kier alpha value is -1.47. The minimum absolute atomic E-state index is 0.0283. The van der Waals surface area contributed by atoms with E-state index in [1.165, 1.54) is 0 Å². The van der Waals surface area contributed by atoms with E-state index in [9.17, 15) is 4.79 Å². The van der Waals surface area contributed by atoms with Crippen LogP contribution in [0.5, 0.6) is 0 Å². The molecule has 0 aliphatic carbocycles. The molecule has 1 atom stereocenters. The van der Waals surface area contributed by atoms with E-state index in [0.717, 1.165) is 13.0 Å². The van der Waals surface area contributed by atoms with Crippen molar-refractivity contribution in [3.8, 4) is 0 Å². The van der Waals surface area contributed by atoms with E-state index in [1.807, 2.05) is 6.92 Å². The van der Waals surface area contributed by atoms with Crippen LogP contribution in [0.25, 0.3) is 0 Å². The van der Waals surface area contributed by atoms with E-state index >= 15 is 0 Å². The maximum Gasteiger partial charge on any atom is 0.306 e. The van der Waals surface area contributed by atoms with Crippen molar-refractivity contribution < 1.29 is 19.1 Å². The SMILES string of the molecule is CCc1nnc(CN2CCOC(CC(=O)O)C2)o1. The summed E-state index contributed by atoms with van der Waals surface area (Å²) < 4.78 is 10.8. The maximum absolute atomic E-state index is 10.6. The number of nitrogens with zero attached hydrogens (tertiary/aromatic N) is 3. The van der Waals surface area contributed by atoms with Crippen LogP contribution in [0.1, 0.15) is 25.1 Å². The minimum atomic E-state index is -0.840. The highest BCUT2D eigenvalue weighted by molar-refractivity contribution is 5.67. The summed E-state index contributed by atoms with van der Waals surface area (Å²) in [7, 11) is 0. The number of hydrogen-bond acceptors (Lipinski definition) is 6. The van der Waals surface area contributed by atoms with E-state index in [0.29, 0.717) is 31.5 Å². The average Bonchev–Trinajstić information content (AvgIpc) is 2.76. The van der Waals surface area contributed by atoms with Gasteiger partial charge in [-0.3, -0.25) is 9.69 Å². The Morgan fingerprint density at radius 1 is 1.50 bits per heavy atom. The molecule has 1 aromatic heterocycles. The molecule has 1 fully saturated rings. The van der Waals surface area contributed by atoms with Crippen LogP contribution in [-0.2, 0) is 22.5 Å². The second kappa shape index (κ2) is 5.92. The largest absolute Gasteiger partial charge is 0.481 e. The lowest BCUT2D eigenvalue weighted by Gasteiger charge is -2.31. The second-order valence-corrected chi connectivity index (χ2v) is 4.27. The molecule has 2 rings (SSSR count). The van der Waals surface area contributed by atoms with Gasteiger partial charge in [0.2, 0.25) is 11.8 Å².